The lowest BCUT2D eigenvalue weighted by Crippen LogP contribution is -2.23. The van der Waals surface area contributed by atoms with E-state index in [0.29, 0.717) is 0 Å². The van der Waals surface area contributed by atoms with Gasteiger partial charge in [-0.05, 0) is 143 Å². The molecule has 64 heavy (non-hydrogen) atoms. The Morgan fingerprint density at radius 1 is 0.438 bits per heavy atom. The summed E-state index contributed by atoms with van der Waals surface area (Å²) in [5.41, 5.74) is 14.7. The van der Waals surface area contributed by atoms with Crippen molar-refractivity contribution in [2.45, 2.75) is 13.3 Å². The summed E-state index contributed by atoms with van der Waals surface area (Å²) in [6.45, 7) is 11.5. The topological polar surface area (TPSA) is 9.72 Å². The van der Waals surface area contributed by atoms with E-state index in [1.54, 1.807) is 0 Å². The fourth-order valence-corrected chi connectivity index (χ4v) is 8.30. The van der Waals surface area contributed by atoms with Crippen molar-refractivity contribution in [2.75, 3.05) is 14.7 Å². The first-order chi connectivity index (χ1) is 31.4. The molecule has 0 N–H and O–H groups in total. The highest BCUT2D eigenvalue weighted by atomic mass is 15.2. The van der Waals surface area contributed by atoms with Gasteiger partial charge in [-0.15, -0.1) is 0 Å². The minimum absolute atomic E-state index is 0.325. The van der Waals surface area contributed by atoms with Crippen molar-refractivity contribution in [2.24, 2.45) is 5.41 Å². The van der Waals surface area contributed by atoms with Crippen molar-refractivity contribution in [1.29, 1.82) is 0 Å². The first kappa shape index (κ1) is 41.2. The zero-order valence-corrected chi connectivity index (χ0v) is 36.2. The summed E-state index contributed by atoms with van der Waals surface area (Å²) in [4.78, 5) is 6.81. The molecule has 310 valence electrons. The van der Waals surface area contributed by atoms with Gasteiger partial charge in [0.25, 0.3) is 0 Å². The van der Waals surface area contributed by atoms with Gasteiger partial charge in [0.05, 0.1) is 0 Å². The van der Waals surface area contributed by atoms with E-state index in [-0.39, 0.29) is 5.41 Å². The molecule has 7 aromatic carbocycles. The number of rotatable bonds is 10. The molecule has 2 aliphatic rings. The highest BCUT2D eigenvalue weighted by Crippen LogP contribution is 2.42. The van der Waals surface area contributed by atoms with Gasteiger partial charge in [0.15, 0.2) is 0 Å². The molecule has 0 saturated carbocycles. The largest absolute Gasteiger partial charge is 0.324 e. The Morgan fingerprint density at radius 2 is 0.875 bits per heavy atom. The highest BCUT2D eigenvalue weighted by Gasteiger charge is 2.28. The van der Waals surface area contributed by atoms with Crippen LogP contribution in [0.1, 0.15) is 18.9 Å². The molecule has 7 aromatic rings. The maximum absolute atomic E-state index is 4.60. The zero-order chi connectivity index (χ0) is 43.7. The van der Waals surface area contributed by atoms with Gasteiger partial charge >= 0.3 is 0 Å². The van der Waals surface area contributed by atoms with Crippen LogP contribution in [0.5, 0.6) is 0 Å². The molecule has 0 fully saturated rings. The van der Waals surface area contributed by atoms with E-state index in [1.165, 1.54) is 11.1 Å². The Hall–Kier alpha value is -8.14. The molecule has 1 aliphatic carbocycles. The second kappa shape index (κ2) is 18.9. The van der Waals surface area contributed by atoms with Crippen molar-refractivity contribution in [1.82, 2.24) is 0 Å². The summed E-state index contributed by atoms with van der Waals surface area (Å²) in [6.07, 6.45) is 20.9. The lowest BCUT2D eigenvalue weighted by Gasteiger charge is -2.34. The molecule has 9 rings (SSSR count). The van der Waals surface area contributed by atoms with Crippen LogP contribution in [0.2, 0.25) is 0 Å². The van der Waals surface area contributed by atoms with Crippen LogP contribution in [-0.2, 0) is 0 Å². The minimum atomic E-state index is -0.325. The number of hydrogen-bond acceptors (Lipinski definition) is 3. The number of benzene rings is 7. The van der Waals surface area contributed by atoms with Gasteiger partial charge < -0.3 is 14.7 Å². The maximum atomic E-state index is 4.60. The third-order valence-electron chi connectivity index (χ3n) is 12.0. The predicted molar refractivity (Wildman–Crippen MR) is 273 cm³/mol. The fraction of sp³-hybridized carbons (Fsp3) is 0.0492. The molecule has 3 heteroatoms. The number of hydrogen-bond donors (Lipinski definition) is 0. The van der Waals surface area contributed by atoms with E-state index in [1.807, 2.05) is 0 Å². The molecule has 1 aliphatic heterocycles. The van der Waals surface area contributed by atoms with E-state index >= 15 is 0 Å². The lowest BCUT2D eigenvalue weighted by atomic mass is 9.75. The number of anilines is 6. The standard InChI is InChI=1S/C61H51N3/c1-47-45-52(51-31-35-59(36-32-51)63(55-21-11-5-12-22-55)56-23-13-6-14-24-56)39-43-62(54-33-29-50(30-34-54)49-19-9-4-10-20-49)44-40-53(46-48(47)2)61(3)41-37-60(38-42-61)64(57-25-15-7-16-26-57)58-27-17-8-18-28-58/h4-41,43-46H,1-2,42H2,3H3/b43-39-,44-40-,52-45+,53-46+. The van der Waals surface area contributed by atoms with E-state index < -0.39 is 0 Å². The average Bonchev–Trinajstić information content (AvgIpc) is 3.38. The smallest absolute Gasteiger partial charge is 0.0462 e. The van der Waals surface area contributed by atoms with E-state index in [0.717, 1.165) is 74.1 Å². The van der Waals surface area contributed by atoms with Crippen LogP contribution >= 0.6 is 0 Å². The molecule has 0 bridgehead atoms. The molecule has 1 atom stereocenters. The van der Waals surface area contributed by atoms with Crippen molar-refractivity contribution in [3.05, 3.63) is 296 Å². The Kier molecular flexibility index (Phi) is 12.1. The van der Waals surface area contributed by atoms with E-state index in [2.05, 4.69) is 290 Å². The minimum Gasteiger partial charge on any atom is -0.324 e. The van der Waals surface area contributed by atoms with Gasteiger partial charge in [0, 0.05) is 57.6 Å². The van der Waals surface area contributed by atoms with Gasteiger partial charge in [-0.25, -0.2) is 0 Å². The average molecular weight is 826 g/mol. The fourth-order valence-electron chi connectivity index (χ4n) is 8.30. The highest BCUT2D eigenvalue weighted by molar-refractivity contribution is 5.82. The second-order valence-corrected chi connectivity index (χ2v) is 16.3. The molecule has 3 nitrogen and oxygen atoms in total. The molecule has 0 saturated heterocycles. The lowest BCUT2D eigenvalue weighted by molar-refractivity contribution is 0.526. The molecule has 0 aromatic heterocycles. The van der Waals surface area contributed by atoms with Crippen LogP contribution in [0.3, 0.4) is 0 Å². The second-order valence-electron chi connectivity index (χ2n) is 16.3. The zero-order valence-electron chi connectivity index (χ0n) is 36.2. The Bertz CT molecular complexity index is 2830. The monoisotopic (exact) mass is 825 g/mol. The maximum Gasteiger partial charge on any atom is 0.0462 e. The van der Waals surface area contributed by atoms with Gasteiger partial charge in [-0.1, -0.05) is 166 Å². The molecular formula is C61H51N3. The summed E-state index contributed by atoms with van der Waals surface area (Å²) >= 11 is 0. The molecule has 0 amide bonds. The molecule has 1 heterocycles. The number of allylic oxidation sites excluding steroid dienone is 11. The van der Waals surface area contributed by atoms with Crippen molar-refractivity contribution >= 4 is 39.7 Å². The van der Waals surface area contributed by atoms with E-state index in [9.17, 15) is 0 Å². The van der Waals surface area contributed by atoms with E-state index in [4.69, 9.17) is 0 Å². The first-order valence-electron chi connectivity index (χ1n) is 21.8. The summed E-state index contributed by atoms with van der Waals surface area (Å²) < 4.78 is 0. The van der Waals surface area contributed by atoms with Crippen molar-refractivity contribution < 1.29 is 0 Å². The first-order valence-corrected chi connectivity index (χ1v) is 21.8. The van der Waals surface area contributed by atoms with Crippen LogP contribution in [-0.4, -0.2) is 0 Å². The SMILES string of the molecule is C=C1/C=C(c2ccc(N(c3ccccc3)c3ccccc3)cc2)\C=C/N(c2ccc(-c3ccccc3)cc2)/C=C\C(C2(C)C=CC(N(c3ccccc3)c3ccccc3)=CC2)=C/C1=C. The summed E-state index contributed by atoms with van der Waals surface area (Å²) in [5.74, 6) is 0. The van der Waals surface area contributed by atoms with Crippen molar-refractivity contribution in [3.8, 4) is 11.1 Å². The number of para-hydroxylation sites is 4. The van der Waals surface area contributed by atoms with Gasteiger partial charge in [0.1, 0.15) is 0 Å². The van der Waals surface area contributed by atoms with Crippen molar-refractivity contribution in [3.63, 3.8) is 0 Å². The summed E-state index contributed by atoms with van der Waals surface area (Å²) in [7, 11) is 0. The third-order valence-corrected chi connectivity index (χ3v) is 12.0. The normalized spacial score (nSPS) is 19.0. The quantitative estimate of drug-likeness (QED) is 0.136. The van der Waals surface area contributed by atoms with Crippen LogP contribution in [0.4, 0.5) is 34.1 Å². The van der Waals surface area contributed by atoms with Crippen LogP contribution in [0.25, 0.3) is 16.7 Å². The third kappa shape index (κ3) is 9.21. The van der Waals surface area contributed by atoms with Crippen LogP contribution in [0, 0.1) is 5.41 Å². The summed E-state index contributed by atoms with van der Waals surface area (Å²) in [6, 6.07) is 70.2. The van der Waals surface area contributed by atoms with Gasteiger partial charge in [-0.3, -0.25) is 0 Å². The Balaban J connectivity index is 1.08. The molecular weight excluding hydrogens is 775 g/mol. The van der Waals surface area contributed by atoms with Gasteiger partial charge in [-0.2, -0.15) is 0 Å². The predicted octanol–water partition coefficient (Wildman–Crippen LogP) is 16.5. The molecule has 0 radical (unpaired) electrons. The van der Waals surface area contributed by atoms with Crippen LogP contribution in [0.15, 0.2) is 291 Å². The number of nitrogens with zero attached hydrogens (tertiary/aromatic N) is 3. The van der Waals surface area contributed by atoms with Gasteiger partial charge in [0.2, 0.25) is 0 Å². The Morgan fingerprint density at radius 3 is 1.39 bits per heavy atom. The van der Waals surface area contributed by atoms with Crippen LogP contribution < -0.4 is 14.7 Å². The molecule has 0 spiro atoms. The Labute approximate surface area is 378 Å². The molecule has 1 unspecified atom stereocenters. The summed E-state index contributed by atoms with van der Waals surface area (Å²) in [5, 5.41) is 0.